The fourth-order valence-corrected chi connectivity index (χ4v) is 5.40. The maximum Gasteiger partial charge on any atom is 0.295 e. The molecule has 4 atom stereocenters. The van der Waals surface area contributed by atoms with Gasteiger partial charge in [0, 0.05) is 46.1 Å². The van der Waals surface area contributed by atoms with E-state index in [-0.39, 0.29) is 26.4 Å². The number of aliphatic hydroxyl groups is 2. The van der Waals surface area contributed by atoms with Gasteiger partial charge in [0.25, 0.3) is 11.7 Å². The van der Waals surface area contributed by atoms with Gasteiger partial charge in [-0.15, -0.1) is 0 Å². The van der Waals surface area contributed by atoms with Crippen LogP contribution in [0.3, 0.4) is 0 Å². The minimum Gasteiger partial charge on any atom is -0.396 e. The zero-order chi connectivity index (χ0) is 31.0. The topological polar surface area (TPSA) is 122 Å². The van der Waals surface area contributed by atoms with Gasteiger partial charge in [0.05, 0.1) is 12.2 Å². The molecule has 0 aromatic carbocycles. The van der Waals surface area contributed by atoms with Gasteiger partial charge < -0.3 is 38.6 Å². The molecule has 0 aromatic rings. The van der Waals surface area contributed by atoms with Crippen molar-refractivity contribution in [3.05, 3.63) is 0 Å². The van der Waals surface area contributed by atoms with E-state index in [4.69, 9.17) is 34.2 Å². The molecule has 0 aliphatic heterocycles. The van der Waals surface area contributed by atoms with Gasteiger partial charge in [-0.25, -0.2) is 0 Å². The first-order chi connectivity index (χ1) is 19.7. The molecule has 0 radical (unpaired) electrons. The Kier molecular flexibility index (Phi) is 23.8. The maximum absolute atomic E-state index is 9.71. The second kappa shape index (κ2) is 24.0. The molecule has 248 valence electrons. The highest BCUT2D eigenvalue weighted by atomic mass is 16.8. The predicted molar refractivity (Wildman–Crippen MR) is 164 cm³/mol. The monoisotopic (exact) mass is 593 g/mol. The summed E-state index contributed by atoms with van der Waals surface area (Å²) in [5, 5.41) is 19.3. The smallest absolute Gasteiger partial charge is 0.295 e. The quantitative estimate of drug-likeness (QED) is 0.0640. The molecule has 0 saturated heterocycles. The molecule has 9 heteroatoms. The summed E-state index contributed by atoms with van der Waals surface area (Å²) >= 11 is 0. The Morgan fingerprint density at radius 2 is 0.976 bits per heavy atom. The largest absolute Gasteiger partial charge is 0.396 e. The second-order valence-corrected chi connectivity index (χ2v) is 10.9. The molecule has 0 aliphatic carbocycles. The Bertz CT molecular complexity index is 592. The summed E-state index contributed by atoms with van der Waals surface area (Å²) in [6.45, 7) is 14.3. The summed E-state index contributed by atoms with van der Waals surface area (Å²) < 4.78 is 38.6. The second-order valence-electron chi connectivity index (χ2n) is 10.9. The molecule has 0 saturated carbocycles. The van der Waals surface area contributed by atoms with E-state index in [1.54, 1.807) is 0 Å². The first-order valence-electron chi connectivity index (χ1n) is 16.6. The summed E-state index contributed by atoms with van der Waals surface area (Å²) in [4.78, 5) is 0. The number of hydrogen-bond acceptors (Lipinski definition) is 9. The third kappa shape index (κ3) is 13.9. The Hall–Kier alpha value is -0.360. The van der Waals surface area contributed by atoms with E-state index >= 15 is 0 Å². The molecule has 0 bridgehead atoms. The summed E-state index contributed by atoms with van der Waals surface area (Å²) in [5.74, 6) is -5.25. The van der Waals surface area contributed by atoms with Crippen LogP contribution < -0.4 is 5.73 Å². The van der Waals surface area contributed by atoms with Gasteiger partial charge in [0.15, 0.2) is 0 Å². The van der Waals surface area contributed by atoms with E-state index in [0.717, 1.165) is 19.3 Å². The molecule has 0 amide bonds. The maximum atomic E-state index is 9.71. The van der Waals surface area contributed by atoms with E-state index < -0.39 is 29.7 Å². The lowest BCUT2D eigenvalue weighted by atomic mass is 9.92. The Morgan fingerprint density at radius 1 is 0.561 bits per heavy atom. The van der Waals surface area contributed by atoms with Crippen molar-refractivity contribution in [2.75, 3.05) is 39.6 Å². The highest BCUT2D eigenvalue weighted by molar-refractivity contribution is 5.00. The van der Waals surface area contributed by atoms with Gasteiger partial charge in [-0.3, -0.25) is 5.73 Å². The van der Waals surface area contributed by atoms with Gasteiger partial charge in [0.1, 0.15) is 0 Å². The van der Waals surface area contributed by atoms with Crippen molar-refractivity contribution in [2.45, 2.75) is 168 Å². The molecule has 0 heterocycles. The molecular weight excluding hydrogens is 526 g/mol. The highest BCUT2D eigenvalue weighted by Gasteiger charge is 2.70. The normalized spacial score (nSPS) is 16.8. The standard InChI is InChI=1S/C32H67NO8/c1-8-13-14-15-16-17-18-19-20-21-22-25-30(36-9-2,37-10-3)31(38-11-4,40-28(6)23-26-34)32(33,39-12-5)41-29(7)24-27-35/h28-29,34-35H,8-27,33H2,1-7H3. The molecule has 0 aliphatic rings. The SMILES string of the molecule is CCCCCCCCCCCCCC(OCC)(OCC)C(OCC)(OC(C)CCO)C(N)(OCC)OC(C)CCO. The van der Waals surface area contributed by atoms with Crippen LogP contribution in [-0.2, 0) is 28.4 Å². The van der Waals surface area contributed by atoms with Crippen LogP contribution >= 0.6 is 0 Å². The molecule has 0 spiro atoms. The van der Waals surface area contributed by atoms with Crippen molar-refractivity contribution >= 4 is 0 Å². The zero-order valence-corrected chi connectivity index (χ0v) is 27.7. The number of rotatable bonds is 30. The molecule has 9 nitrogen and oxygen atoms in total. The summed E-state index contributed by atoms with van der Waals surface area (Å²) in [6.07, 6.45) is 13.5. The van der Waals surface area contributed by atoms with Crippen LogP contribution in [0.5, 0.6) is 0 Å². The Balaban J connectivity index is 6.17. The van der Waals surface area contributed by atoms with Crippen molar-refractivity contribution in [1.29, 1.82) is 0 Å². The van der Waals surface area contributed by atoms with Gasteiger partial charge in [-0.2, -0.15) is 0 Å². The highest BCUT2D eigenvalue weighted by Crippen LogP contribution is 2.46. The Labute approximate surface area is 252 Å². The van der Waals surface area contributed by atoms with Crippen LogP contribution in [0.1, 0.15) is 138 Å². The average Bonchev–Trinajstić information content (AvgIpc) is 2.91. The first-order valence-corrected chi connectivity index (χ1v) is 16.6. The third-order valence-corrected chi connectivity index (χ3v) is 7.35. The van der Waals surface area contributed by atoms with Crippen molar-refractivity contribution < 1.29 is 38.6 Å². The van der Waals surface area contributed by atoms with Gasteiger partial charge in [-0.05, 0) is 60.8 Å². The first kappa shape index (κ1) is 40.6. The average molecular weight is 594 g/mol. The van der Waals surface area contributed by atoms with Gasteiger partial charge in [0.2, 0.25) is 5.79 Å². The lowest BCUT2D eigenvalue weighted by Crippen LogP contribution is -2.78. The third-order valence-electron chi connectivity index (χ3n) is 7.35. The van der Waals surface area contributed by atoms with Crippen molar-refractivity contribution in [2.24, 2.45) is 5.73 Å². The molecule has 0 rings (SSSR count). The summed E-state index contributed by atoms with van der Waals surface area (Å²) in [7, 11) is 0. The fraction of sp³-hybridized carbons (Fsp3) is 1.00. The van der Waals surface area contributed by atoms with Crippen LogP contribution in [0.15, 0.2) is 0 Å². The van der Waals surface area contributed by atoms with E-state index in [9.17, 15) is 10.2 Å². The van der Waals surface area contributed by atoms with E-state index in [0.29, 0.717) is 32.5 Å². The van der Waals surface area contributed by atoms with Crippen LogP contribution in [0.25, 0.3) is 0 Å². The van der Waals surface area contributed by atoms with Gasteiger partial charge >= 0.3 is 0 Å². The van der Waals surface area contributed by atoms with Crippen LogP contribution in [0, 0.1) is 0 Å². The fourth-order valence-electron chi connectivity index (χ4n) is 5.40. The molecular formula is C32H67NO8. The minimum atomic E-state index is -1.95. The lowest BCUT2D eigenvalue weighted by Gasteiger charge is -2.55. The number of hydrogen-bond donors (Lipinski definition) is 3. The van der Waals surface area contributed by atoms with Crippen LogP contribution in [0.4, 0.5) is 0 Å². The molecule has 4 N–H and O–H groups in total. The van der Waals surface area contributed by atoms with Crippen LogP contribution in [-0.4, -0.2) is 79.5 Å². The van der Waals surface area contributed by atoms with Gasteiger partial charge in [-0.1, -0.05) is 71.1 Å². The van der Waals surface area contributed by atoms with Crippen molar-refractivity contribution in [1.82, 2.24) is 0 Å². The molecule has 0 fully saturated rings. The zero-order valence-electron chi connectivity index (χ0n) is 27.7. The molecule has 41 heavy (non-hydrogen) atoms. The predicted octanol–water partition coefficient (Wildman–Crippen LogP) is 6.41. The number of nitrogens with two attached hydrogens (primary N) is 1. The molecule has 0 aromatic heterocycles. The van der Waals surface area contributed by atoms with E-state index in [2.05, 4.69) is 6.92 Å². The van der Waals surface area contributed by atoms with Crippen molar-refractivity contribution in [3.63, 3.8) is 0 Å². The molecule has 4 unspecified atom stereocenters. The summed E-state index contributed by atoms with van der Waals surface area (Å²) in [6, 6.07) is 0. The van der Waals surface area contributed by atoms with Crippen LogP contribution in [0.2, 0.25) is 0 Å². The van der Waals surface area contributed by atoms with E-state index in [1.165, 1.54) is 51.4 Å². The summed E-state index contributed by atoms with van der Waals surface area (Å²) in [5.41, 5.74) is 7.03. The van der Waals surface area contributed by atoms with E-state index in [1.807, 2.05) is 41.5 Å². The lowest BCUT2D eigenvalue weighted by molar-refractivity contribution is -0.505. The number of ether oxygens (including phenoxy) is 6. The van der Waals surface area contributed by atoms with Crippen molar-refractivity contribution in [3.8, 4) is 0 Å². The number of unbranched alkanes of at least 4 members (excludes halogenated alkanes) is 10. The minimum absolute atomic E-state index is 0.0758. The number of aliphatic hydroxyl groups excluding tert-OH is 2. The Morgan fingerprint density at radius 3 is 1.39 bits per heavy atom.